The van der Waals surface area contributed by atoms with Gasteiger partial charge in [0.25, 0.3) is 11.8 Å². The maximum Gasteiger partial charge on any atom is 0.343 e. The van der Waals surface area contributed by atoms with Crippen LogP contribution in [0.15, 0.2) is 84.0 Å². The van der Waals surface area contributed by atoms with Crippen molar-refractivity contribution in [2.45, 2.75) is 0 Å². The summed E-state index contributed by atoms with van der Waals surface area (Å²) in [6, 6.07) is 20.8. The van der Waals surface area contributed by atoms with Crippen molar-refractivity contribution in [1.82, 2.24) is 5.43 Å². The van der Waals surface area contributed by atoms with Gasteiger partial charge >= 0.3 is 5.97 Å². The number of nitrogens with zero attached hydrogens (tertiary/aromatic N) is 1. The average molecular weight is 614 g/mol. The van der Waals surface area contributed by atoms with E-state index < -0.39 is 11.9 Å². The second kappa shape index (κ2) is 14.9. The quantitative estimate of drug-likeness (QED) is 0.0980. The van der Waals surface area contributed by atoms with Gasteiger partial charge in [-0.15, -0.1) is 0 Å². The highest BCUT2D eigenvalue weighted by Gasteiger charge is 2.20. The van der Waals surface area contributed by atoms with Crippen LogP contribution < -0.4 is 39.2 Å². The summed E-state index contributed by atoms with van der Waals surface area (Å²) in [5, 5.41) is 6.78. The monoisotopic (exact) mass is 613 g/mol. The molecule has 0 aliphatic heterocycles. The van der Waals surface area contributed by atoms with Crippen LogP contribution in [-0.4, -0.2) is 59.5 Å². The molecule has 0 aliphatic carbocycles. The van der Waals surface area contributed by atoms with Crippen molar-refractivity contribution < 1.29 is 42.8 Å². The second-order valence-corrected chi connectivity index (χ2v) is 9.18. The smallest absolute Gasteiger partial charge is 0.343 e. The van der Waals surface area contributed by atoms with Gasteiger partial charge in [0.15, 0.2) is 23.0 Å². The maximum absolute atomic E-state index is 12.9. The predicted molar refractivity (Wildman–Crippen MR) is 166 cm³/mol. The lowest BCUT2D eigenvalue weighted by atomic mass is 10.1. The summed E-state index contributed by atoms with van der Waals surface area (Å²) in [5.74, 6) is 0.385. The molecule has 0 aliphatic rings. The van der Waals surface area contributed by atoms with Gasteiger partial charge in [-0.1, -0.05) is 12.1 Å². The first-order valence-electron chi connectivity index (χ1n) is 13.4. The molecular weight excluding hydrogens is 582 g/mol. The fourth-order valence-electron chi connectivity index (χ4n) is 4.14. The van der Waals surface area contributed by atoms with E-state index in [1.165, 1.54) is 66.0 Å². The van der Waals surface area contributed by atoms with Gasteiger partial charge in [0.1, 0.15) is 5.75 Å². The van der Waals surface area contributed by atoms with E-state index >= 15 is 0 Å². The maximum atomic E-state index is 12.9. The van der Waals surface area contributed by atoms with Crippen LogP contribution in [0.4, 0.5) is 5.69 Å². The molecule has 4 aromatic rings. The Morgan fingerprint density at radius 1 is 0.622 bits per heavy atom. The van der Waals surface area contributed by atoms with Crippen LogP contribution in [0.1, 0.15) is 36.6 Å². The molecule has 2 amide bonds. The molecule has 12 heteroatoms. The number of anilines is 1. The molecule has 45 heavy (non-hydrogen) atoms. The SMILES string of the molecule is COc1cccc(C(=O)Nc2cccc(C(=O)NN=Cc3ccc(OC(=O)c4cc(OC)c(OC)c(OC)c4)c(OC)c3)c2)c1. The molecule has 12 nitrogen and oxygen atoms in total. The molecule has 0 atom stereocenters. The number of carbonyl (C=O) groups is 3. The van der Waals surface area contributed by atoms with E-state index in [2.05, 4.69) is 15.8 Å². The van der Waals surface area contributed by atoms with Crippen molar-refractivity contribution in [3.05, 3.63) is 101 Å². The summed E-state index contributed by atoms with van der Waals surface area (Å²) in [5.41, 5.74) is 4.30. The van der Waals surface area contributed by atoms with E-state index in [0.717, 1.165) is 0 Å². The van der Waals surface area contributed by atoms with Crippen molar-refractivity contribution in [1.29, 1.82) is 0 Å². The Morgan fingerprint density at radius 2 is 1.29 bits per heavy atom. The zero-order chi connectivity index (χ0) is 32.3. The van der Waals surface area contributed by atoms with Crippen LogP contribution in [0.3, 0.4) is 0 Å². The molecule has 232 valence electrons. The lowest BCUT2D eigenvalue weighted by Gasteiger charge is -2.14. The molecule has 4 aromatic carbocycles. The van der Waals surface area contributed by atoms with Crippen molar-refractivity contribution in [3.8, 4) is 34.5 Å². The minimum atomic E-state index is -0.678. The van der Waals surface area contributed by atoms with Crippen molar-refractivity contribution in [2.75, 3.05) is 40.9 Å². The van der Waals surface area contributed by atoms with Crippen molar-refractivity contribution in [3.63, 3.8) is 0 Å². The lowest BCUT2D eigenvalue weighted by molar-refractivity contribution is 0.0728. The minimum absolute atomic E-state index is 0.158. The molecule has 0 heterocycles. The fraction of sp³-hybridized carbons (Fsp3) is 0.152. The van der Waals surface area contributed by atoms with Crippen LogP contribution >= 0.6 is 0 Å². The fourth-order valence-corrected chi connectivity index (χ4v) is 4.14. The van der Waals surface area contributed by atoms with E-state index in [1.54, 1.807) is 54.6 Å². The Bertz CT molecular complexity index is 1710. The third-order valence-corrected chi connectivity index (χ3v) is 6.39. The van der Waals surface area contributed by atoms with E-state index in [1.807, 2.05) is 0 Å². The normalized spacial score (nSPS) is 10.5. The van der Waals surface area contributed by atoms with Gasteiger partial charge in [-0.05, 0) is 72.3 Å². The molecular formula is C33H31N3O9. The molecule has 0 bridgehead atoms. The third kappa shape index (κ3) is 7.87. The van der Waals surface area contributed by atoms with Crippen LogP contribution in [0, 0.1) is 0 Å². The van der Waals surface area contributed by atoms with Crippen LogP contribution in [0.25, 0.3) is 0 Å². The highest BCUT2D eigenvalue weighted by atomic mass is 16.6. The Kier molecular flexibility index (Phi) is 10.6. The average Bonchev–Trinajstić information content (AvgIpc) is 3.07. The molecule has 0 spiro atoms. The largest absolute Gasteiger partial charge is 0.497 e. The Balaban J connectivity index is 1.40. The van der Waals surface area contributed by atoms with E-state index in [-0.39, 0.29) is 28.5 Å². The summed E-state index contributed by atoms with van der Waals surface area (Å²) in [6.45, 7) is 0. The predicted octanol–water partition coefficient (Wildman–Crippen LogP) is 4.97. The van der Waals surface area contributed by atoms with E-state index in [0.29, 0.717) is 39.8 Å². The number of benzene rings is 4. The van der Waals surface area contributed by atoms with Gasteiger partial charge in [0.2, 0.25) is 5.75 Å². The number of hydrogen-bond donors (Lipinski definition) is 2. The summed E-state index contributed by atoms with van der Waals surface area (Å²) in [7, 11) is 7.30. The number of nitrogens with one attached hydrogen (secondary N) is 2. The van der Waals surface area contributed by atoms with Gasteiger partial charge in [-0.25, -0.2) is 10.2 Å². The van der Waals surface area contributed by atoms with E-state index in [9.17, 15) is 14.4 Å². The number of hydrazone groups is 1. The topological polar surface area (TPSA) is 143 Å². The van der Waals surface area contributed by atoms with Gasteiger partial charge < -0.3 is 33.7 Å². The molecule has 0 unspecified atom stereocenters. The van der Waals surface area contributed by atoms with Crippen LogP contribution in [-0.2, 0) is 0 Å². The molecule has 2 N–H and O–H groups in total. The Morgan fingerprint density at radius 3 is 1.93 bits per heavy atom. The standard InChI is InChI=1S/C33H31N3O9/c1-40-25-11-7-9-22(16-25)31(37)35-24-10-6-8-21(15-24)32(38)36-34-19-20-12-13-26(27(14-20)41-2)45-33(39)23-17-28(42-3)30(44-5)29(18-23)43-4/h6-19H,1-5H3,(H,35,37)(H,36,38). The second-order valence-electron chi connectivity index (χ2n) is 9.18. The highest BCUT2D eigenvalue weighted by molar-refractivity contribution is 6.05. The Hall–Kier alpha value is -6.04. The number of ether oxygens (including phenoxy) is 6. The zero-order valence-electron chi connectivity index (χ0n) is 25.2. The van der Waals surface area contributed by atoms with E-state index in [4.69, 9.17) is 28.4 Å². The Labute approximate surface area is 259 Å². The molecule has 4 rings (SSSR count). The first-order chi connectivity index (χ1) is 21.8. The molecule has 0 radical (unpaired) electrons. The lowest BCUT2D eigenvalue weighted by Crippen LogP contribution is -2.18. The minimum Gasteiger partial charge on any atom is -0.497 e. The number of esters is 1. The first-order valence-corrected chi connectivity index (χ1v) is 13.4. The number of amides is 2. The van der Waals surface area contributed by atoms with Gasteiger partial charge in [-0.3, -0.25) is 9.59 Å². The molecule has 0 saturated carbocycles. The number of rotatable bonds is 12. The molecule has 0 fully saturated rings. The molecule has 0 saturated heterocycles. The third-order valence-electron chi connectivity index (χ3n) is 6.39. The van der Waals surface area contributed by atoms with Crippen LogP contribution in [0.2, 0.25) is 0 Å². The number of carbonyl (C=O) groups excluding carboxylic acids is 3. The molecule has 0 aromatic heterocycles. The van der Waals surface area contributed by atoms with Gasteiger partial charge in [-0.2, -0.15) is 5.10 Å². The van der Waals surface area contributed by atoms with Gasteiger partial charge in [0.05, 0.1) is 47.3 Å². The summed E-state index contributed by atoms with van der Waals surface area (Å²) in [4.78, 5) is 38.3. The number of hydrogen-bond acceptors (Lipinski definition) is 10. The number of methoxy groups -OCH3 is 5. The van der Waals surface area contributed by atoms with Crippen LogP contribution in [0.5, 0.6) is 34.5 Å². The van der Waals surface area contributed by atoms with Crippen molar-refractivity contribution >= 4 is 29.7 Å². The highest BCUT2D eigenvalue weighted by Crippen LogP contribution is 2.39. The summed E-state index contributed by atoms with van der Waals surface area (Å²) < 4.78 is 32.0. The van der Waals surface area contributed by atoms with Gasteiger partial charge in [0, 0.05) is 16.8 Å². The zero-order valence-corrected chi connectivity index (χ0v) is 25.2. The summed E-state index contributed by atoms with van der Waals surface area (Å²) in [6.07, 6.45) is 1.40. The van der Waals surface area contributed by atoms with Crippen molar-refractivity contribution in [2.24, 2.45) is 5.10 Å². The first kappa shape index (κ1) is 31.9. The summed E-state index contributed by atoms with van der Waals surface area (Å²) >= 11 is 0.